The average molecular weight is 483 g/mol. The number of piperidine rings is 1. The smallest absolute Gasteiger partial charge is 0.417 e. The highest BCUT2D eigenvalue weighted by Crippen LogP contribution is 2.37. The third kappa shape index (κ3) is 4.47. The third-order valence-electron chi connectivity index (χ3n) is 5.53. The third-order valence-corrected chi connectivity index (χ3v) is 8.75. The van der Waals surface area contributed by atoms with E-state index in [0.29, 0.717) is 13.1 Å². The first kappa shape index (κ1) is 22.6. The van der Waals surface area contributed by atoms with Crippen LogP contribution >= 0.6 is 11.3 Å². The number of hydrogen-bond donors (Lipinski definition) is 0. The van der Waals surface area contributed by atoms with Gasteiger partial charge in [-0.05, 0) is 49.2 Å². The van der Waals surface area contributed by atoms with E-state index >= 15 is 0 Å². The summed E-state index contributed by atoms with van der Waals surface area (Å²) in [5.74, 6) is 0.750. The number of benzene rings is 2. The molecule has 170 valence electrons. The molecule has 0 spiro atoms. The predicted octanol–water partition coefficient (Wildman–Crippen LogP) is 5.28. The molecule has 1 aliphatic heterocycles. The van der Waals surface area contributed by atoms with Crippen molar-refractivity contribution in [3.63, 3.8) is 0 Å². The van der Waals surface area contributed by atoms with Crippen LogP contribution in [0.3, 0.4) is 0 Å². The van der Waals surface area contributed by atoms with Crippen molar-refractivity contribution in [3.8, 4) is 17.0 Å². The molecule has 1 aliphatic rings. The molecule has 0 saturated carbocycles. The first-order valence-electron chi connectivity index (χ1n) is 9.95. The summed E-state index contributed by atoms with van der Waals surface area (Å²) in [6.07, 6.45) is -4.24. The quantitative estimate of drug-likeness (QED) is 0.495. The second-order valence-electron chi connectivity index (χ2n) is 7.47. The Balaban J connectivity index is 1.47. The van der Waals surface area contributed by atoms with Gasteiger partial charge in [-0.25, -0.2) is 13.4 Å². The van der Waals surface area contributed by atoms with Crippen LogP contribution in [0.1, 0.15) is 18.4 Å². The van der Waals surface area contributed by atoms with Crippen molar-refractivity contribution >= 4 is 26.3 Å². The number of nitrogens with zero attached hydrogens (tertiary/aromatic N) is 2. The van der Waals surface area contributed by atoms with Gasteiger partial charge < -0.3 is 9.64 Å². The van der Waals surface area contributed by atoms with Gasteiger partial charge in [0.1, 0.15) is 5.75 Å². The van der Waals surface area contributed by atoms with E-state index in [9.17, 15) is 21.6 Å². The van der Waals surface area contributed by atoms with Crippen molar-refractivity contribution in [2.75, 3.05) is 25.1 Å². The van der Waals surface area contributed by atoms with E-state index in [2.05, 4.69) is 4.98 Å². The number of thiazole rings is 1. The zero-order valence-electron chi connectivity index (χ0n) is 17.2. The van der Waals surface area contributed by atoms with Gasteiger partial charge in [-0.1, -0.05) is 12.1 Å². The minimum Gasteiger partial charge on any atom is -0.497 e. The topological polar surface area (TPSA) is 59.5 Å². The van der Waals surface area contributed by atoms with Crippen molar-refractivity contribution in [2.45, 2.75) is 29.2 Å². The number of alkyl halides is 3. The average Bonchev–Trinajstić information content (AvgIpc) is 3.29. The van der Waals surface area contributed by atoms with Gasteiger partial charge in [-0.3, -0.25) is 0 Å². The summed E-state index contributed by atoms with van der Waals surface area (Å²) in [5.41, 5.74) is 0.641. The Morgan fingerprint density at radius 2 is 1.72 bits per heavy atom. The molecule has 0 unspecified atom stereocenters. The Morgan fingerprint density at radius 3 is 2.34 bits per heavy atom. The molecule has 2 aromatic carbocycles. The summed E-state index contributed by atoms with van der Waals surface area (Å²) < 4.78 is 71.1. The normalized spacial score (nSPS) is 15.7. The molecule has 2 heterocycles. The van der Waals surface area contributed by atoms with Crippen molar-refractivity contribution in [3.05, 3.63) is 59.5 Å². The molecule has 3 aromatic rings. The monoisotopic (exact) mass is 482 g/mol. The van der Waals surface area contributed by atoms with Gasteiger partial charge in [0.25, 0.3) is 0 Å². The molecule has 32 heavy (non-hydrogen) atoms. The van der Waals surface area contributed by atoms with Gasteiger partial charge >= 0.3 is 6.18 Å². The van der Waals surface area contributed by atoms with Gasteiger partial charge in [0.15, 0.2) is 15.0 Å². The molecular weight excluding hydrogens is 461 g/mol. The first-order chi connectivity index (χ1) is 15.2. The number of aromatic nitrogens is 1. The molecule has 0 N–H and O–H groups in total. The molecule has 0 atom stereocenters. The lowest BCUT2D eigenvalue weighted by atomic mass is 10.1. The zero-order valence-corrected chi connectivity index (χ0v) is 18.8. The van der Waals surface area contributed by atoms with Crippen LogP contribution in [0.5, 0.6) is 5.75 Å². The summed E-state index contributed by atoms with van der Waals surface area (Å²) >= 11 is 1.46. The maximum atomic E-state index is 13.3. The minimum atomic E-state index is -4.72. The maximum absolute atomic E-state index is 13.3. The van der Waals surface area contributed by atoms with E-state index in [1.807, 2.05) is 34.5 Å². The van der Waals surface area contributed by atoms with E-state index in [4.69, 9.17) is 4.74 Å². The SMILES string of the molecule is COc1ccc(-c2csc(N3CCC(S(=O)(=O)c4ccccc4C(F)(F)F)CC3)n2)cc1. The summed E-state index contributed by atoms with van der Waals surface area (Å²) in [6, 6.07) is 11.9. The van der Waals surface area contributed by atoms with E-state index in [0.717, 1.165) is 34.3 Å². The largest absolute Gasteiger partial charge is 0.497 e. The molecule has 0 radical (unpaired) electrons. The molecule has 1 aromatic heterocycles. The second kappa shape index (κ2) is 8.74. The number of anilines is 1. The molecule has 4 rings (SSSR count). The fourth-order valence-electron chi connectivity index (χ4n) is 3.79. The van der Waals surface area contributed by atoms with Gasteiger partial charge in [0, 0.05) is 24.0 Å². The summed E-state index contributed by atoms with van der Waals surface area (Å²) in [7, 11) is -2.50. The lowest BCUT2D eigenvalue weighted by Gasteiger charge is -2.31. The van der Waals surface area contributed by atoms with Gasteiger partial charge in [-0.2, -0.15) is 13.2 Å². The van der Waals surface area contributed by atoms with Crippen LogP contribution in [0.25, 0.3) is 11.3 Å². The maximum Gasteiger partial charge on any atom is 0.417 e. The van der Waals surface area contributed by atoms with Crippen LogP contribution < -0.4 is 9.64 Å². The van der Waals surface area contributed by atoms with Crippen molar-refractivity contribution in [2.24, 2.45) is 0 Å². The number of ether oxygens (including phenoxy) is 1. The lowest BCUT2D eigenvalue weighted by molar-refractivity contribution is -0.139. The zero-order chi connectivity index (χ0) is 22.9. The number of halogens is 3. The van der Waals surface area contributed by atoms with E-state index in [1.54, 1.807) is 7.11 Å². The molecule has 0 amide bonds. The Hall–Kier alpha value is -2.59. The fourth-order valence-corrected chi connectivity index (χ4v) is 6.63. The highest BCUT2D eigenvalue weighted by Gasteiger charge is 2.40. The van der Waals surface area contributed by atoms with E-state index in [1.165, 1.54) is 23.5 Å². The van der Waals surface area contributed by atoms with Crippen LogP contribution in [-0.2, 0) is 16.0 Å². The number of rotatable bonds is 5. The molecule has 1 fully saturated rings. The van der Waals surface area contributed by atoms with Gasteiger partial charge in [-0.15, -0.1) is 11.3 Å². The van der Waals surface area contributed by atoms with Crippen molar-refractivity contribution in [1.82, 2.24) is 4.98 Å². The molecular formula is C22H21F3N2O3S2. The summed E-state index contributed by atoms with van der Waals surface area (Å²) in [5, 5.41) is 1.84. The molecule has 5 nitrogen and oxygen atoms in total. The van der Waals surface area contributed by atoms with Crippen LogP contribution in [0.2, 0.25) is 0 Å². The van der Waals surface area contributed by atoms with E-state index in [-0.39, 0.29) is 12.8 Å². The van der Waals surface area contributed by atoms with Gasteiger partial charge in [0.2, 0.25) is 0 Å². The highest BCUT2D eigenvalue weighted by molar-refractivity contribution is 7.92. The van der Waals surface area contributed by atoms with Crippen LogP contribution in [-0.4, -0.2) is 38.9 Å². The minimum absolute atomic E-state index is 0.242. The Morgan fingerprint density at radius 1 is 1.06 bits per heavy atom. The fraction of sp³-hybridized carbons (Fsp3) is 0.318. The second-order valence-corrected chi connectivity index (χ2v) is 10.5. The number of hydrogen-bond acceptors (Lipinski definition) is 6. The van der Waals surface area contributed by atoms with E-state index < -0.39 is 31.7 Å². The summed E-state index contributed by atoms with van der Waals surface area (Å²) in [6.45, 7) is 0.821. The Bertz CT molecular complexity index is 1180. The Kier molecular flexibility index (Phi) is 6.17. The molecule has 10 heteroatoms. The van der Waals surface area contributed by atoms with Crippen LogP contribution in [0, 0.1) is 0 Å². The predicted molar refractivity (Wildman–Crippen MR) is 118 cm³/mol. The number of sulfone groups is 1. The van der Waals surface area contributed by atoms with Crippen molar-refractivity contribution in [1.29, 1.82) is 0 Å². The summed E-state index contributed by atoms with van der Waals surface area (Å²) in [4.78, 5) is 6.01. The first-order valence-corrected chi connectivity index (χ1v) is 12.4. The highest BCUT2D eigenvalue weighted by atomic mass is 32.2. The molecule has 0 bridgehead atoms. The number of methoxy groups -OCH3 is 1. The van der Waals surface area contributed by atoms with Crippen LogP contribution in [0.15, 0.2) is 58.8 Å². The Labute approximate surface area is 188 Å². The molecule has 1 saturated heterocycles. The van der Waals surface area contributed by atoms with Crippen LogP contribution in [0.4, 0.5) is 18.3 Å². The lowest BCUT2D eigenvalue weighted by Crippen LogP contribution is -2.39. The molecule has 0 aliphatic carbocycles. The van der Waals surface area contributed by atoms with Crippen molar-refractivity contribution < 1.29 is 26.3 Å². The standard InChI is InChI=1S/C22H21F3N2O3S2/c1-30-16-8-6-15(7-9-16)19-14-31-21(26-19)27-12-10-17(11-13-27)32(28,29)20-5-3-2-4-18(20)22(23,24)25/h2-9,14,17H,10-13H2,1H3. The van der Waals surface area contributed by atoms with Gasteiger partial charge in [0.05, 0.1) is 28.5 Å².